The molecule has 0 saturated heterocycles. The van der Waals surface area contributed by atoms with E-state index in [9.17, 15) is 4.79 Å². The zero-order chi connectivity index (χ0) is 9.94. The van der Waals surface area contributed by atoms with Crippen LogP contribution in [0.4, 0.5) is 0 Å². The lowest BCUT2D eigenvalue weighted by molar-refractivity contribution is -0.143. The highest BCUT2D eigenvalue weighted by Gasteiger charge is 1.99. The van der Waals surface area contributed by atoms with E-state index in [1.165, 1.54) is 0 Å². The Hall–Kier alpha value is -0.570. The van der Waals surface area contributed by atoms with Crippen molar-refractivity contribution in [1.29, 1.82) is 0 Å². The zero-order valence-corrected chi connectivity index (χ0v) is 8.25. The third-order valence-corrected chi connectivity index (χ3v) is 1.39. The van der Waals surface area contributed by atoms with Crippen LogP contribution in [0.1, 0.15) is 32.6 Å². The van der Waals surface area contributed by atoms with E-state index in [4.69, 9.17) is 16.4 Å². The van der Waals surface area contributed by atoms with Crippen molar-refractivity contribution in [1.82, 2.24) is 0 Å². The molecule has 0 N–H and O–H groups in total. The second kappa shape index (κ2) is 9.52. The summed E-state index contributed by atoms with van der Waals surface area (Å²) < 4.78 is 10.1. The van der Waals surface area contributed by atoms with Crippen LogP contribution in [0.15, 0.2) is 0 Å². The zero-order valence-electron chi connectivity index (χ0n) is 8.25. The first-order valence-corrected chi connectivity index (χ1v) is 4.74. The second-order valence-corrected chi connectivity index (χ2v) is 2.73. The number of hydrogen-bond acceptors (Lipinski definition) is 3. The number of esters is 1. The summed E-state index contributed by atoms with van der Waals surface area (Å²) in [6, 6.07) is 0. The van der Waals surface area contributed by atoms with E-state index in [0.29, 0.717) is 26.1 Å². The van der Waals surface area contributed by atoms with E-state index in [1.807, 2.05) is 0 Å². The summed E-state index contributed by atoms with van der Waals surface area (Å²) >= 11 is 0. The second-order valence-electron chi connectivity index (χ2n) is 2.73. The molecule has 2 radical (unpaired) electrons. The van der Waals surface area contributed by atoms with E-state index in [0.717, 1.165) is 19.4 Å². The van der Waals surface area contributed by atoms with E-state index >= 15 is 0 Å². The van der Waals surface area contributed by atoms with E-state index in [-0.39, 0.29) is 5.97 Å². The molecule has 13 heavy (non-hydrogen) atoms. The smallest absolute Gasteiger partial charge is 0.305 e. The van der Waals surface area contributed by atoms with Crippen molar-refractivity contribution < 1.29 is 14.3 Å². The van der Waals surface area contributed by atoms with Crippen LogP contribution in [0.25, 0.3) is 0 Å². The SMILES string of the molecule is [CH]CCC(=O)OCCCOCCC. The fourth-order valence-corrected chi connectivity index (χ4v) is 0.783. The quantitative estimate of drug-likeness (QED) is 0.428. The van der Waals surface area contributed by atoms with Gasteiger partial charge in [0.15, 0.2) is 0 Å². The van der Waals surface area contributed by atoms with Gasteiger partial charge >= 0.3 is 5.97 Å². The maximum atomic E-state index is 10.8. The fourth-order valence-electron chi connectivity index (χ4n) is 0.783. The molecule has 3 heteroatoms. The molecule has 0 amide bonds. The summed E-state index contributed by atoms with van der Waals surface area (Å²) in [6.07, 6.45) is 2.43. The van der Waals surface area contributed by atoms with Crippen LogP contribution in [0, 0.1) is 6.92 Å². The topological polar surface area (TPSA) is 35.5 Å². The molecule has 0 aromatic rings. The minimum absolute atomic E-state index is 0.224. The van der Waals surface area contributed by atoms with Gasteiger partial charge in [-0.2, -0.15) is 0 Å². The van der Waals surface area contributed by atoms with Crippen molar-refractivity contribution in [2.24, 2.45) is 0 Å². The minimum atomic E-state index is -0.224. The van der Waals surface area contributed by atoms with Crippen LogP contribution in [0.5, 0.6) is 0 Å². The van der Waals surface area contributed by atoms with Crippen LogP contribution in [0.3, 0.4) is 0 Å². The summed E-state index contributed by atoms with van der Waals surface area (Å²) in [4.78, 5) is 10.8. The Labute approximate surface area is 80.4 Å². The molecule has 76 valence electrons. The molecule has 0 aromatic heterocycles. The Morgan fingerprint density at radius 3 is 2.69 bits per heavy atom. The summed E-state index contributed by atoms with van der Waals surface area (Å²) in [6.45, 7) is 9.09. The van der Waals surface area contributed by atoms with E-state index < -0.39 is 0 Å². The fraction of sp³-hybridized carbons (Fsp3) is 0.800. The van der Waals surface area contributed by atoms with Gasteiger partial charge in [0.05, 0.1) is 6.61 Å². The molecular formula is C10H18O3. The third-order valence-electron chi connectivity index (χ3n) is 1.39. The molecule has 0 aliphatic rings. The molecule has 0 aliphatic heterocycles. The molecule has 0 saturated carbocycles. The summed E-state index contributed by atoms with van der Waals surface area (Å²) in [5.74, 6) is -0.224. The van der Waals surface area contributed by atoms with Crippen molar-refractivity contribution in [3.63, 3.8) is 0 Å². The van der Waals surface area contributed by atoms with Crippen LogP contribution in [0.2, 0.25) is 0 Å². The number of rotatable bonds is 8. The summed E-state index contributed by atoms with van der Waals surface area (Å²) in [5.41, 5.74) is 0. The molecule has 0 bridgehead atoms. The lowest BCUT2D eigenvalue weighted by atomic mass is 10.3. The maximum absolute atomic E-state index is 10.8. The first-order valence-electron chi connectivity index (χ1n) is 4.74. The van der Waals surface area contributed by atoms with Crippen molar-refractivity contribution in [2.75, 3.05) is 19.8 Å². The summed E-state index contributed by atoms with van der Waals surface area (Å²) in [5, 5.41) is 0. The molecule has 0 aromatic carbocycles. The monoisotopic (exact) mass is 186 g/mol. The predicted molar refractivity (Wildman–Crippen MR) is 50.2 cm³/mol. The molecule has 0 unspecified atom stereocenters. The van der Waals surface area contributed by atoms with Crippen LogP contribution in [-0.4, -0.2) is 25.8 Å². The third kappa shape index (κ3) is 9.34. The molecule has 0 atom stereocenters. The predicted octanol–water partition coefficient (Wildman–Crippen LogP) is 1.84. The number of ether oxygens (including phenoxy) is 2. The molecule has 3 nitrogen and oxygen atoms in total. The molecule has 0 aliphatic carbocycles. The van der Waals surface area contributed by atoms with Gasteiger partial charge in [-0.05, 0) is 19.8 Å². The first kappa shape index (κ1) is 12.4. The van der Waals surface area contributed by atoms with E-state index in [1.54, 1.807) is 0 Å². The normalized spacial score (nSPS) is 10.0. The lowest BCUT2D eigenvalue weighted by Gasteiger charge is -2.04. The Balaban J connectivity index is 3.02. The molecule has 0 rings (SSSR count). The molecule has 0 heterocycles. The Kier molecular flexibility index (Phi) is 9.10. The highest BCUT2D eigenvalue weighted by atomic mass is 16.5. The van der Waals surface area contributed by atoms with Crippen LogP contribution < -0.4 is 0 Å². The first-order chi connectivity index (χ1) is 6.31. The van der Waals surface area contributed by atoms with E-state index in [2.05, 4.69) is 6.92 Å². The van der Waals surface area contributed by atoms with Gasteiger partial charge in [0.25, 0.3) is 0 Å². The van der Waals surface area contributed by atoms with Gasteiger partial charge < -0.3 is 9.47 Å². The number of carbonyl (C=O) groups is 1. The van der Waals surface area contributed by atoms with Crippen LogP contribution in [-0.2, 0) is 14.3 Å². The number of hydrogen-bond donors (Lipinski definition) is 0. The summed E-state index contributed by atoms with van der Waals surface area (Å²) in [7, 11) is 0. The van der Waals surface area contributed by atoms with Crippen molar-refractivity contribution >= 4 is 5.97 Å². The number of carbonyl (C=O) groups excluding carboxylic acids is 1. The largest absolute Gasteiger partial charge is 0.466 e. The molecular weight excluding hydrogens is 168 g/mol. The Morgan fingerprint density at radius 1 is 1.31 bits per heavy atom. The standard InChI is InChI=1S/C10H18O3/c1-3-6-10(11)13-9-5-8-12-7-4-2/h1H,3-9H2,2H3. The molecule has 0 fully saturated rings. The van der Waals surface area contributed by atoms with Crippen molar-refractivity contribution in [3.05, 3.63) is 6.92 Å². The Bertz CT molecular complexity index is 123. The van der Waals surface area contributed by atoms with Crippen LogP contribution >= 0.6 is 0 Å². The van der Waals surface area contributed by atoms with Gasteiger partial charge in [0.1, 0.15) is 0 Å². The van der Waals surface area contributed by atoms with Crippen molar-refractivity contribution in [3.8, 4) is 0 Å². The van der Waals surface area contributed by atoms with Crippen molar-refractivity contribution in [2.45, 2.75) is 32.6 Å². The van der Waals surface area contributed by atoms with Gasteiger partial charge in [-0.3, -0.25) is 4.79 Å². The average Bonchev–Trinajstić information content (AvgIpc) is 2.11. The highest BCUT2D eigenvalue weighted by Crippen LogP contribution is 1.93. The van der Waals surface area contributed by atoms with Gasteiger partial charge in [0, 0.05) is 26.1 Å². The average molecular weight is 186 g/mol. The Morgan fingerprint density at radius 2 is 2.08 bits per heavy atom. The van der Waals surface area contributed by atoms with Gasteiger partial charge in [-0.15, -0.1) is 0 Å². The van der Waals surface area contributed by atoms with Gasteiger partial charge in [0.2, 0.25) is 0 Å². The maximum Gasteiger partial charge on any atom is 0.305 e. The van der Waals surface area contributed by atoms with Gasteiger partial charge in [-0.1, -0.05) is 6.92 Å². The lowest BCUT2D eigenvalue weighted by Crippen LogP contribution is -2.07. The van der Waals surface area contributed by atoms with Gasteiger partial charge in [-0.25, -0.2) is 0 Å². The highest BCUT2D eigenvalue weighted by molar-refractivity contribution is 5.69. The molecule has 0 spiro atoms. The minimum Gasteiger partial charge on any atom is -0.466 e.